The molecule has 0 aliphatic carbocycles. The number of para-hydroxylation sites is 2. The summed E-state index contributed by atoms with van der Waals surface area (Å²) < 4.78 is 12.8. The molecule has 0 unspecified atom stereocenters. The van der Waals surface area contributed by atoms with E-state index in [9.17, 15) is 14.4 Å². The van der Waals surface area contributed by atoms with Crippen LogP contribution in [0.1, 0.15) is 16.7 Å². The Kier molecular flexibility index (Phi) is 8.64. The summed E-state index contributed by atoms with van der Waals surface area (Å²) >= 11 is 3.44. The number of carbonyl (C=O) groups excluding carboxylic acids is 3. The number of hydrogen-bond donors (Lipinski definition) is 0. The first-order valence-corrected chi connectivity index (χ1v) is 13.9. The molecule has 0 radical (unpaired) electrons. The summed E-state index contributed by atoms with van der Waals surface area (Å²) in [7, 11) is 1.53. The number of benzene rings is 4. The van der Waals surface area contributed by atoms with Gasteiger partial charge in [0.2, 0.25) is 0 Å². The highest BCUT2D eigenvalue weighted by molar-refractivity contribution is 9.10. The number of halogens is 1. The second-order valence-corrected chi connectivity index (χ2v) is 10.3. The molecule has 4 aromatic rings. The zero-order valence-corrected chi connectivity index (χ0v) is 24.4. The third kappa shape index (κ3) is 5.89. The largest absolute Gasteiger partial charge is 0.493 e. The van der Waals surface area contributed by atoms with E-state index in [0.717, 1.165) is 25.4 Å². The Morgan fingerprint density at radius 3 is 1.90 bits per heavy atom. The second kappa shape index (κ2) is 12.7. The van der Waals surface area contributed by atoms with Crippen molar-refractivity contribution < 1.29 is 23.9 Å². The third-order valence-electron chi connectivity index (χ3n) is 6.62. The highest BCUT2D eigenvalue weighted by Gasteiger charge is 2.43. The van der Waals surface area contributed by atoms with Gasteiger partial charge in [0.1, 0.15) is 12.2 Å². The summed E-state index contributed by atoms with van der Waals surface area (Å²) in [6.07, 6.45) is 3.67. The molecular weight excluding hydrogens is 596 g/mol. The highest BCUT2D eigenvalue weighted by atomic mass is 79.9. The molecule has 0 spiro atoms. The lowest BCUT2D eigenvalue weighted by atomic mass is 10.0. The van der Waals surface area contributed by atoms with E-state index in [-0.39, 0.29) is 5.57 Å². The van der Waals surface area contributed by atoms with Crippen LogP contribution in [0.15, 0.2) is 120 Å². The second-order valence-electron chi connectivity index (χ2n) is 9.41. The predicted octanol–water partition coefficient (Wildman–Crippen LogP) is 7.35. The first kappa shape index (κ1) is 28.6. The number of imide groups is 2. The van der Waals surface area contributed by atoms with Gasteiger partial charge in [-0.1, -0.05) is 70.5 Å². The van der Waals surface area contributed by atoms with E-state index < -0.39 is 17.8 Å². The van der Waals surface area contributed by atoms with Crippen molar-refractivity contribution in [1.29, 1.82) is 0 Å². The third-order valence-corrected chi connectivity index (χ3v) is 7.15. The Balaban J connectivity index is 1.57. The molecule has 7 nitrogen and oxygen atoms in total. The van der Waals surface area contributed by atoms with Crippen LogP contribution in [0.4, 0.5) is 16.2 Å². The van der Waals surface area contributed by atoms with Gasteiger partial charge in [0, 0.05) is 10.0 Å². The van der Waals surface area contributed by atoms with Crippen LogP contribution in [-0.4, -0.2) is 25.0 Å². The van der Waals surface area contributed by atoms with Crippen LogP contribution in [0.25, 0.3) is 6.08 Å². The van der Waals surface area contributed by atoms with Gasteiger partial charge in [-0.05, 0) is 72.2 Å². The van der Waals surface area contributed by atoms with Crippen LogP contribution in [0.2, 0.25) is 0 Å². The first-order chi connectivity index (χ1) is 20.4. The van der Waals surface area contributed by atoms with Crippen LogP contribution in [-0.2, 0) is 22.6 Å². The van der Waals surface area contributed by atoms with Gasteiger partial charge in [-0.15, -0.1) is 6.58 Å². The van der Waals surface area contributed by atoms with E-state index in [1.807, 2.05) is 30.3 Å². The molecule has 1 fully saturated rings. The lowest BCUT2D eigenvalue weighted by Gasteiger charge is -2.34. The van der Waals surface area contributed by atoms with Gasteiger partial charge < -0.3 is 9.47 Å². The Morgan fingerprint density at radius 1 is 0.810 bits per heavy atom. The summed E-state index contributed by atoms with van der Waals surface area (Å²) in [5.41, 5.74) is 2.81. The quantitative estimate of drug-likeness (QED) is 0.111. The fourth-order valence-corrected chi connectivity index (χ4v) is 4.90. The molecule has 0 bridgehead atoms. The molecule has 1 saturated heterocycles. The van der Waals surface area contributed by atoms with Crippen molar-refractivity contribution in [2.45, 2.75) is 13.0 Å². The zero-order valence-electron chi connectivity index (χ0n) is 22.8. The van der Waals surface area contributed by atoms with E-state index in [2.05, 4.69) is 22.5 Å². The number of urea groups is 1. The number of rotatable bonds is 9. The molecular formula is C34H27BrN2O5. The van der Waals surface area contributed by atoms with Crippen molar-refractivity contribution in [3.63, 3.8) is 0 Å². The number of nitrogens with zero attached hydrogens (tertiary/aromatic N) is 2. The Morgan fingerprint density at radius 2 is 1.38 bits per heavy atom. The van der Waals surface area contributed by atoms with Crippen molar-refractivity contribution in [2.75, 3.05) is 16.9 Å². The van der Waals surface area contributed by atoms with E-state index in [0.29, 0.717) is 41.5 Å². The van der Waals surface area contributed by atoms with E-state index >= 15 is 0 Å². The average Bonchev–Trinajstić information content (AvgIpc) is 3.00. The maximum absolute atomic E-state index is 13.8. The van der Waals surface area contributed by atoms with Gasteiger partial charge in [-0.3, -0.25) is 9.59 Å². The Hall–Kier alpha value is -4.95. The summed E-state index contributed by atoms with van der Waals surface area (Å²) in [4.78, 5) is 43.1. The SMILES string of the molecule is C=CCc1cc(C=C2C(=O)N(c3ccccc3)C(=O)N(c3ccccc3)C2=O)cc(OC)c1OCc1ccc(Br)cc1. The van der Waals surface area contributed by atoms with Crippen molar-refractivity contribution in [3.8, 4) is 11.5 Å². The minimum atomic E-state index is -0.749. The summed E-state index contributed by atoms with van der Waals surface area (Å²) in [5, 5.41) is 0. The number of barbiturate groups is 1. The van der Waals surface area contributed by atoms with Gasteiger partial charge in [0.05, 0.1) is 18.5 Å². The van der Waals surface area contributed by atoms with Gasteiger partial charge in [0.25, 0.3) is 11.8 Å². The fourth-order valence-electron chi connectivity index (χ4n) is 4.63. The first-order valence-electron chi connectivity index (χ1n) is 13.1. The molecule has 4 aromatic carbocycles. The molecule has 210 valence electrons. The molecule has 5 rings (SSSR count). The topological polar surface area (TPSA) is 76.2 Å². The lowest BCUT2D eigenvalue weighted by molar-refractivity contribution is -0.121. The number of allylic oxidation sites excluding steroid dienone is 1. The number of ether oxygens (including phenoxy) is 2. The summed E-state index contributed by atoms with van der Waals surface area (Å²) in [6, 6.07) is 27.6. The van der Waals surface area contributed by atoms with Gasteiger partial charge in [-0.2, -0.15) is 0 Å². The Labute approximate surface area is 252 Å². The van der Waals surface area contributed by atoms with Crippen LogP contribution in [0.3, 0.4) is 0 Å². The predicted molar refractivity (Wildman–Crippen MR) is 167 cm³/mol. The summed E-state index contributed by atoms with van der Waals surface area (Å²) in [5.74, 6) is -0.466. The van der Waals surface area contributed by atoms with E-state index in [4.69, 9.17) is 9.47 Å². The number of anilines is 2. The normalized spacial score (nSPS) is 13.3. The molecule has 1 aliphatic rings. The van der Waals surface area contributed by atoms with Crippen molar-refractivity contribution >= 4 is 51.2 Å². The monoisotopic (exact) mass is 622 g/mol. The molecule has 0 atom stereocenters. The molecule has 0 aromatic heterocycles. The molecule has 1 aliphatic heterocycles. The molecule has 0 N–H and O–H groups in total. The summed E-state index contributed by atoms with van der Waals surface area (Å²) in [6.45, 7) is 4.18. The van der Waals surface area contributed by atoms with E-state index in [1.165, 1.54) is 13.2 Å². The lowest BCUT2D eigenvalue weighted by Crippen LogP contribution is -2.57. The van der Waals surface area contributed by atoms with Crippen molar-refractivity contribution in [1.82, 2.24) is 0 Å². The average molecular weight is 624 g/mol. The smallest absolute Gasteiger partial charge is 0.343 e. The minimum absolute atomic E-state index is 0.169. The van der Waals surface area contributed by atoms with E-state index in [1.54, 1.807) is 72.8 Å². The number of amides is 4. The number of methoxy groups -OCH3 is 1. The Bertz CT molecular complexity index is 1600. The standard InChI is InChI=1S/C34H27BrN2O5/c1-3-10-25-19-24(21-30(41-2)31(25)42-22-23-15-17-26(35)18-16-23)20-29-32(38)36(27-11-6-4-7-12-27)34(40)37(33(29)39)28-13-8-5-9-14-28/h3-9,11-21H,1,10,22H2,2H3. The molecule has 1 heterocycles. The van der Waals surface area contributed by atoms with Gasteiger partial charge in [-0.25, -0.2) is 14.6 Å². The van der Waals surface area contributed by atoms with Crippen molar-refractivity contribution in [2.24, 2.45) is 0 Å². The molecule has 42 heavy (non-hydrogen) atoms. The van der Waals surface area contributed by atoms with Crippen LogP contribution in [0, 0.1) is 0 Å². The van der Waals surface area contributed by atoms with Gasteiger partial charge in [0.15, 0.2) is 11.5 Å². The molecule has 4 amide bonds. The fraction of sp³-hybridized carbons (Fsp3) is 0.0882. The van der Waals surface area contributed by atoms with Crippen LogP contribution in [0.5, 0.6) is 11.5 Å². The number of carbonyl (C=O) groups is 3. The van der Waals surface area contributed by atoms with Crippen LogP contribution < -0.4 is 19.3 Å². The minimum Gasteiger partial charge on any atom is -0.493 e. The van der Waals surface area contributed by atoms with Crippen molar-refractivity contribution in [3.05, 3.63) is 136 Å². The zero-order chi connectivity index (χ0) is 29.6. The number of hydrogen-bond acceptors (Lipinski definition) is 5. The van der Waals surface area contributed by atoms with Crippen LogP contribution >= 0.6 is 15.9 Å². The highest BCUT2D eigenvalue weighted by Crippen LogP contribution is 2.36. The molecule has 0 saturated carbocycles. The maximum Gasteiger partial charge on any atom is 0.343 e. The van der Waals surface area contributed by atoms with Gasteiger partial charge >= 0.3 is 6.03 Å². The maximum atomic E-state index is 13.8. The molecule has 8 heteroatoms.